The first-order valence-electron chi connectivity index (χ1n) is 6.38. The maximum Gasteiger partial charge on any atom is 0.0488 e. The van der Waals surface area contributed by atoms with Crippen molar-refractivity contribution in [3.8, 4) is 0 Å². The van der Waals surface area contributed by atoms with Crippen molar-refractivity contribution in [1.29, 1.82) is 0 Å². The van der Waals surface area contributed by atoms with Crippen LogP contribution in [0.1, 0.15) is 18.1 Å². The van der Waals surface area contributed by atoms with Crippen molar-refractivity contribution in [2.45, 2.75) is 19.3 Å². The molecule has 0 aliphatic carbocycles. The van der Waals surface area contributed by atoms with E-state index in [1.54, 1.807) is 0 Å². The molecular formula is C16H17Cl2N. The minimum Gasteiger partial charge on any atom is -0.367 e. The fourth-order valence-corrected chi connectivity index (χ4v) is 2.57. The van der Waals surface area contributed by atoms with E-state index in [1.807, 2.05) is 18.2 Å². The van der Waals surface area contributed by atoms with Gasteiger partial charge in [0.2, 0.25) is 0 Å². The van der Waals surface area contributed by atoms with Crippen molar-refractivity contribution in [2.24, 2.45) is 0 Å². The van der Waals surface area contributed by atoms with Crippen LogP contribution in [0.5, 0.6) is 0 Å². The van der Waals surface area contributed by atoms with Crippen LogP contribution in [0.15, 0.2) is 48.5 Å². The van der Waals surface area contributed by atoms with Gasteiger partial charge in [-0.25, -0.2) is 0 Å². The lowest BCUT2D eigenvalue weighted by molar-refractivity contribution is 0.832. The first kappa shape index (κ1) is 14.2. The number of rotatable bonds is 5. The zero-order chi connectivity index (χ0) is 13.7. The second kappa shape index (κ2) is 6.83. The van der Waals surface area contributed by atoms with Gasteiger partial charge in [0, 0.05) is 29.7 Å². The molecule has 2 rings (SSSR count). The molecule has 0 atom stereocenters. The van der Waals surface area contributed by atoms with Crippen molar-refractivity contribution in [3.63, 3.8) is 0 Å². The average molecular weight is 294 g/mol. The van der Waals surface area contributed by atoms with Gasteiger partial charge in [0.05, 0.1) is 0 Å². The summed E-state index contributed by atoms with van der Waals surface area (Å²) in [5.74, 6) is 0.448. The largest absolute Gasteiger partial charge is 0.367 e. The Kier molecular flexibility index (Phi) is 5.12. The minimum absolute atomic E-state index is 0.448. The van der Waals surface area contributed by atoms with Crippen LogP contribution in [0, 0.1) is 0 Å². The third-order valence-electron chi connectivity index (χ3n) is 3.14. The Morgan fingerprint density at radius 3 is 2.37 bits per heavy atom. The Bertz CT molecular complexity index is 526. The van der Waals surface area contributed by atoms with Crippen LogP contribution < -0.4 is 4.90 Å². The Morgan fingerprint density at radius 1 is 1.05 bits per heavy atom. The molecule has 0 saturated carbocycles. The van der Waals surface area contributed by atoms with Gasteiger partial charge in [0.25, 0.3) is 0 Å². The van der Waals surface area contributed by atoms with E-state index in [0.717, 1.165) is 29.4 Å². The van der Waals surface area contributed by atoms with E-state index in [2.05, 4.69) is 42.2 Å². The summed E-state index contributed by atoms with van der Waals surface area (Å²) < 4.78 is 0. The number of hydrogen-bond donors (Lipinski definition) is 0. The number of halogens is 2. The molecule has 0 bridgehead atoms. The highest BCUT2D eigenvalue weighted by atomic mass is 35.5. The third-order valence-corrected chi connectivity index (χ3v) is 3.78. The van der Waals surface area contributed by atoms with Crippen LogP contribution in [-0.2, 0) is 12.4 Å². The quantitative estimate of drug-likeness (QED) is 0.693. The predicted octanol–water partition coefficient (Wildman–Crippen LogP) is 5.11. The SMILES string of the molecule is CCN(Cc1ccccc1)c1ccc(CCl)c(Cl)c1. The third kappa shape index (κ3) is 3.65. The van der Waals surface area contributed by atoms with Gasteiger partial charge < -0.3 is 4.90 Å². The van der Waals surface area contributed by atoms with Crippen LogP contribution in [0.3, 0.4) is 0 Å². The van der Waals surface area contributed by atoms with E-state index in [-0.39, 0.29) is 0 Å². The number of hydrogen-bond acceptors (Lipinski definition) is 1. The fraction of sp³-hybridized carbons (Fsp3) is 0.250. The van der Waals surface area contributed by atoms with Crippen LogP contribution in [-0.4, -0.2) is 6.54 Å². The van der Waals surface area contributed by atoms with Gasteiger partial charge in [0.15, 0.2) is 0 Å². The highest BCUT2D eigenvalue weighted by Crippen LogP contribution is 2.25. The van der Waals surface area contributed by atoms with Gasteiger partial charge in [-0.15, -0.1) is 11.6 Å². The van der Waals surface area contributed by atoms with Crippen LogP contribution in [0.25, 0.3) is 0 Å². The van der Waals surface area contributed by atoms with Crippen molar-refractivity contribution < 1.29 is 0 Å². The van der Waals surface area contributed by atoms with Crippen LogP contribution in [0.4, 0.5) is 5.69 Å². The van der Waals surface area contributed by atoms with Crippen molar-refractivity contribution >= 4 is 28.9 Å². The Balaban J connectivity index is 2.20. The average Bonchev–Trinajstić information content (AvgIpc) is 2.46. The molecule has 19 heavy (non-hydrogen) atoms. The van der Waals surface area contributed by atoms with E-state index in [9.17, 15) is 0 Å². The standard InChI is InChI=1S/C16H17Cl2N/c1-2-19(12-13-6-4-3-5-7-13)15-9-8-14(11-17)16(18)10-15/h3-10H,2,11-12H2,1H3. The molecule has 0 unspecified atom stereocenters. The molecule has 0 aliphatic heterocycles. The number of benzene rings is 2. The first-order chi connectivity index (χ1) is 9.24. The van der Waals surface area contributed by atoms with Gasteiger partial charge in [-0.3, -0.25) is 0 Å². The topological polar surface area (TPSA) is 3.24 Å². The maximum atomic E-state index is 6.22. The molecule has 0 heterocycles. The summed E-state index contributed by atoms with van der Waals surface area (Å²) >= 11 is 12.1. The van der Waals surface area contributed by atoms with E-state index in [4.69, 9.17) is 23.2 Å². The van der Waals surface area contributed by atoms with Gasteiger partial charge in [-0.2, -0.15) is 0 Å². The lowest BCUT2D eigenvalue weighted by atomic mass is 10.1. The van der Waals surface area contributed by atoms with E-state index >= 15 is 0 Å². The smallest absolute Gasteiger partial charge is 0.0488 e. The summed E-state index contributed by atoms with van der Waals surface area (Å²) in [7, 11) is 0. The summed E-state index contributed by atoms with van der Waals surface area (Å²) in [5.41, 5.74) is 3.40. The fourth-order valence-electron chi connectivity index (χ4n) is 2.03. The van der Waals surface area contributed by atoms with Crippen LogP contribution in [0.2, 0.25) is 5.02 Å². The molecule has 0 aliphatic rings. The zero-order valence-corrected chi connectivity index (χ0v) is 12.5. The van der Waals surface area contributed by atoms with Gasteiger partial charge >= 0.3 is 0 Å². The maximum absolute atomic E-state index is 6.22. The molecule has 0 N–H and O–H groups in total. The summed E-state index contributed by atoms with van der Waals surface area (Å²) in [6, 6.07) is 16.5. The van der Waals surface area contributed by atoms with Crippen molar-refractivity contribution in [3.05, 3.63) is 64.7 Å². The van der Waals surface area contributed by atoms with E-state index in [0.29, 0.717) is 5.88 Å². The van der Waals surface area contributed by atoms with Crippen molar-refractivity contribution in [2.75, 3.05) is 11.4 Å². The lowest BCUT2D eigenvalue weighted by Crippen LogP contribution is -2.21. The Morgan fingerprint density at radius 2 is 1.79 bits per heavy atom. The molecule has 100 valence electrons. The molecule has 0 amide bonds. The monoisotopic (exact) mass is 293 g/mol. The number of nitrogens with zero attached hydrogens (tertiary/aromatic N) is 1. The molecular weight excluding hydrogens is 277 g/mol. The molecule has 0 radical (unpaired) electrons. The molecule has 2 aromatic rings. The molecule has 0 spiro atoms. The summed E-state index contributed by atoms with van der Waals surface area (Å²) in [6.45, 7) is 3.96. The van der Waals surface area contributed by atoms with Gasteiger partial charge in [-0.1, -0.05) is 48.0 Å². The second-order valence-electron chi connectivity index (χ2n) is 4.41. The predicted molar refractivity (Wildman–Crippen MR) is 84.2 cm³/mol. The second-order valence-corrected chi connectivity index (χ2v) is 5.08. The zero-order valence-electron chi connectivity index (χ0n) is 10.9. The summed E-state index contributed by atoms with van der Waals surface area (Å²) in [4.78, 5) is 2.29. The molecule has 3 heteroatoms. The molecule has 0 aromatic heterocycles. The van der Waals surface area contributed by atoms with Gasteiger partial charge in [-0.05, 0) is 30.2 Å². The van der Waals surface area contributed by atoms with E-state index in [1.165, 1.54) is 5.56 Å². The van der Waals surface area contributed by atoms with Gasteiger partial charge in [0.1, 0.15) is 0 Å². The number of alkyl halides is 1. The Labute approximate surface area is 124 Å². The van der Waals surface area contributed by atoms with Crippen molar-refractivity contribution in [1.82, 2.24) is 0 Å². The molecule has 0 saturated heterocycles. The molecule has 2 aromatic carbocycles. The lowest BCUT2D eigenvalue weighted by Gasteiger charge is -2.24. The summed E-state index contributed by atoms with van der Waals surface area (Å²) in [6.07, 6.45) is 0. The minimum atomic E-state index is 0.448. The molecule has 0 fully saturated rings. The normalized spacial score (nSPS) is 10.5. The first-order valence-corrected chi connectivity index (χ1v) is 7.29. The summed E-state index contributed by atoms with van der Waals surface area (Å²) in [5, 5.41) is 0.735. The highest BCUT2D eigenvalue weighted by molar-refractivity contribution is 6.32. The number of anilines is 1. The van der Waals surface area contributed by atoms with E-state index < -0.39 is 0 Å². The molecule has 1 nitrogen and oxygen atoms in total. The highest BCUT2D eigenvalue weighted by Gasteiger charge is 2.07. The van der Waals surface area contributed by atoms with Crippen LogP contribution >= 0.6 is 23.2 Å². The Hall–Kier alpha value is -1.18.